The van der Waals surface area contributed by atoms with Crippen molar-refractivity contribution in [3.05, 3.63) is 26.8 Å². The number of esters is 2. The van der Waals surface area contributed by atoms with Gasteiger partial charge in [-0.05, 0) is 24.3 Å². The number of thioether (sulfide) groups is 6. The van der Waals surface area contributed by atoms with Crippen molar-refractivity contribution < 1.29 is 19.1 Å². The van der Waals surface area contributed by atoms with E-state index in [9.17, 15) is 9.59 Å². The van der Waals surface area contributed by atoms with Crippen molar-refractivity contribution in [2.24, 2.45) is 0 Å². The molecule has 0 spiro atoms. The predicted molar refractivity (Wildman–Crippen MR) is 259 cm³/mol. The molecule has 2 rings (SSSR count). The van der Waals surface area contributed by atoms with Gasteiger partial charge < -0.3 is 9.47 Å². The molecule has 324 valence electrons. The molecule has 2 aliphatic heterocycles. The molecule has 0 amide bonds. The lowest BCUT2D eigenvalue weighted by molar-refractivity contribution is -0.138. The van der Waals surface area contributed by atoms with Crippen molar-refractivity contribution in [3.63, 3.8) is 0 Å². The van der Waals surface area contributed by atoms with Gasteiger partial charge in [0, 0.05) is 0 Å². The van der Waals surface area contributed by atoms with E-state index in [0.717, 1.165) is 15.7 Å². The van der Waals surface area contributed by atoms with Gasteiger partial charge >= 0.3 is 11.9 Å². The summed E-state index contributed by atoms with van der Waals surface area (Å²) in [6.07, 6.45) is 44.6. The van der Waals surface area contributed by atoms with Gasteiger partial charge in [0.1, 0.15) is 9.81 Å². The van der Waals surface area contributed by atoms with Crippen LogP contribution >= 0.6 is 70.6 Å². The fourth-order valence-corrected chi connectivity index (χ4v) is 15.8. The second kappa shape index (κ2) is 37.1. The second-order valence-corrected chi connectivity index (χ2v) is 22.8. The highest BCUT2D eigenvalue weighted by Gasteiger charge is 2.36. The zero-order valence-electron chi connectivity index (χ0n) is 36.1. The standard InChI is InChI=1S/C46H80O4S6/c1-5-7-9-11-13-15-17-19-21-23-25-27-29-31-33-35-37-51-43-44(56-46(55-43)45-53-39(41(47)49-3)40(54-45)42(48)50-4)52-38-36-34-32-30-28-26-24-22-20-18-16-14-12-10-8-6-2/h5-38H2,1-4H3. The SMILES string of the molecule is CCCCCCCCCCCCCCCCCCSC1=C(SCCCCCCCCCCCCCCCCCC)SC(=C2SC(C(=O)OC)=C(C(=O)OC)S2)S1. The maximum atomic E-state index is 12.5. The smallest absolute Gasteiger partial charge is 0.346 e. The fraction of sp³-hybridized carbons (Fsp3) is 0.826. The minimum atomic E-state index is -0.476. The van der Waals surface area contributed by atoms with Gasteiger partial charge in [0.15, 0.2) is 0 Å². The van der Waals surface area contributed by atoms with Crippen LogP contribution in [0.15, 0.2) is 26.8 Å². The quantitative estimate of drug-likeness (QED) is 0.0442. The van der Waals surface area contributed by atoms with Crippen LogP contribution in [0.3, 0.4) is 0 Å². The molecule has 0 atom stereocenters. The third-order valence-corrected chi connectivity index (χ3v) is 19.3. The minimum Gasteiger partial charge on any atom is -0.465 e. The van der Waals surface area contributed by atoms with Crippen molar-refractivity contribution in [1.29, 1.82) is 0 Å². The van der Waals surface area contributed by atoms with Crippen LogP contribution in [0.4, 0.5) is 0 Å². The van der Waals surface area contributed by atoms with Gasteiger partial charge in [-0.15, -0.1) is 23.5 Å². The summed E-state index contributed by atoms with van der Waals surface area (Å²) in [6.45, 7) is 4.59. The molecule has 0 saturated carbocycles. The van der Waals surface area contributed by atoms with E-state index in [-0.39, 0.29) is 0 Å². The fourth-order valence-electron chi connectivity index (χ4n) is 7.00. The lowest BCUT2D eigenvalue weighted by Crippen LogP contribution is -2.08. The number of unbranched alkanes of at least 4 members (excludes halogenated alkanes) is 30. The molecule has 56 heavy (non-hydrogen) atoms. The highest BCUT2D eigenvalue weighted by Crippen LogP contribution is 2.64. The molecule has 0 saturated heterocycles. The highest BCUT2D eigenvalue weighted by atomic mass is 32.3. The monoisotopic (exact) mass is 888 g/mol. The van der Waals surface area contributed by atoms with E-state index in [4.69, 9.17) is 9.47 Å². The summed E-state index contributed by atoms with van der Waals surface area (Å²) >= 11 is 10.4. The third-order valence-electron chi connectivity index (χ3n) is 10.5. The average Bonchev–Trinajstić information content (AvgIpc) is 3.84. The molecule has 0 radical (unpaired) electrons. The van der Waals surface area contributed by atoms with Gasteiger partial charge in [0.05, 0.1) is 31.2 Å². The second-order valence-electron chi connectivity index (χ2n) is 15.5. The number of ether oxygens (including phenoxy) is 2. The summed E-state index contributed by atoms with van der Waals surface area (Å²) in [7, 11) is 2.73. The zero-order chi connectivity index (χ0) is 40.3. The Hall–Kier alpha value is 0.260. The summed E-state index contributed by atoms with van der Waals surface area (Å²) in [6, 6.07) is 0. The molecule has 0 fully saturated rings. The number of carbonyl (C=O) groups is 2. The largest absolute Gasteiger partial charge is 0.465 e. The molecule has 2 heterocycles. The van der Waals surface area contributed by atoms with Crippen LogP contribution < -0.4 is 0 Å². The Balaban J connectivity index is 1.67. The molecule has 4 nitrogen and oxygen atoms in total. The minimum absolute atomic E-state index is 0.338. The normalized spacial score (nSPS) is 14.5. The number of hydrogen-bond donors (Lipinski definition) is 0. The molecule has 0 bridgehead atoms. The van der Waals surface area contributed by atoms with E-state index >= 15 is 0 Å². The van der Waals surface area contributed by atoms with Crippen LogP contribution in [-0.4, -0.2) is 37.7 Å². The van der Waals surface area contributed by atoms with Gasteiger partial charge in [-0.2, -0.15) is 0 Å². The Labute approximate surface area is 370 Å². The average molecular weight is 890 g/mol. The summed E-state index contributed by atoms with van der Waals surface area (Å²) < 4.78 is 15.0. The van der Waals surface area contributed by atoms with E-state index in [1.54, 1.807) is 0 Å². The van der Waals surface area contributed by atoms with Crippen LogP contribution in [0, 0.1) is 0 Å². The molecule has 0 aromatic heterocycles. The molecule has 10 heteroatoms. The zero-order valence-corrected chi connectivity index (χ0v) is 41.0. The van der Waals surface area contributed by atoms with Gasteiger partial charge in [0.25, 0.3) is 0 Å². The lowest BCUT2D eigenvalue weighted by Gasteiger charge is -2.06. The molecular formula is C46H80O4S6. The summed E-state index contributed by atoms with van der Waals surface area (Å²) in [5.41, 5.74) is 0. The number of carbonyl (C=O) groups excluding carboxylic acids is 2. The van der Waals surface area contributed by atoms with Crippen LogP contribution in [0.1, 0.15) is 219 Å². The van der Waals surface area contributed by atoms with Gasteiger partial charge in [-0.1, -0.05) is 254 Å². The molecule has 0 aromatic rings. The van der Waals surface area contributed by atoms with Crippen molar-refractivity contribution >= 4 is 82.5 Å². The van der Waals surface area contributed by atoms with Crippen molar-refractivity contribution in [1.82, 2.24) is 0 Å². The highest BCUT2D eigenvalue weighted by molar-refractivity contribution is 8.42. The van der Waals surface area contributed by atoms with E-state index in [1.807, 2.05) is 47.0 Å². The van der Waals surface area contributed by atoms with Crippen LogP contribution in [0.25, 0.3) is 0 Å². The third kappa shape index (κ3) is 25.1. The maximum absolute atomic E-state index is 12.5. The Morgan fingerprint density at radius 1 is 0.375 bits per heavy atom. The number of hydrogen-bond acceptors (Lipinski definition) is 10. The van der Waals surface area contributed by atoms with E-state index in [2.05, 4.69) is 13.8 Å². The van der Waals surface area contributed by atoms with Crippen LogP contribution in [0.5, 0.6) is 0 Å². The van der Waals surface area contributed by atoms with Crippen molar-refractivity contribution in [2.75, 3.05) is 25.7 Å². The van der Waals surface area contributed by atoms with Crippen LogP contribution in [-0.2, 0) is 19.1 Å². The first-order valence-electron chi connectivity index (χ1n) is 22.9. The first-order chi connectivity index (χ1) is 27.5. The topological polar surface area (TPSA) is 52.6 Å². The van der Waals surface area contributed by atoms with Gasteiger partial charge in [0.2, 0.25) is 0 Å². The predicted octanol–water partition coefficient (Wildman–Crippen LogP) is 17.7. The Kier molecular flexibility index (Phi) is 34.7. The van der Waals surface area contributed by atoms with E-state index < -0.39 is 11.9 Å². The number of methoxy groups -OCH3 is 2. The number of rotatable bonds is 38. The van der Waals surface area contributed by atoms with Gasteiger partial charge in [-0.3, -0.25) is 0 Å². The molecule has 0 aliphatic carbocycles. The van der Waals surface area contributed by atoms with E-state index in [0.29, 0.717) is 9.81 Å². The van der Waals surface area contributed by atoms with Crippen molar-refractivity contribution in [2.45, 2.75) is 219 Å². The Morgan fingerprint density at radius 3 is 0.857 bits per heavy atom. The summed E-state index contributed by atoms with van der Waals surface area (Å²) in [5.74, 6) is 1.34. The molecule has 0 N–H and O–H groups in total. The van der Waals surface area contributed by atoms with E-state index in [1.165, 1.54) is 256 Å². The summed E-state index contributed by atoms with van der Waals surface area (Å²) in [5, 5.41) is 0. The molecule has 0 aromatic carbocycles. The molecule has 0 unspecified atom stereocenters. The van der Waals surface area contributed by atoms with Crippen molar-refractivity contribution in [3.8, 4) is 0 Å². The first kappa shape index (κ1) is 52.4. The maximum Gasteiger partial charge on any atom is 0.346 e. The lowest BCUT2D eigenvalue weighted by atomic mass is 10.0. The van der Waals surface area contributed by atoms with Crippen LogP contribution in [0.2, 0.25) is 0 Å². The molecule has 2 aliphatic rings. The first-order valence-corrected chi connectivity index (χ1v) is 28.2. The molecular weight excluding hydrogens is 809 g/mol. The van der Waals surface area contributed by atoms with Gasteiger partial charge in [-0.25, -0.2) is 9.59 Å². The summed E-state index contributed by atoms with van der Waals surface area (Å²) in [4.78, 5) is 25.7. The Bertz CT molecular complexity index is 1050. The Morgan fingerprint density at radius 2 is 0.607 bits per heavy atom.